The molecular weight excluding hydrogens is 246 g/mol. The van der Waals surface area contributed by atoms with E-state index in [1.807, 2.05) is 0 Å². The molecule has 2 aliphatic heterocycles. The van der Waals surface area contributed by atoms with Crippen molar-refractivity contribution in [2.45, 2.75) is 38.8 Å². The van der Waals surface area contributed by atoms with Crippen LogP contribution in [0.4, 0.5) is 5.13 Å². The van der Waals surface area contributed by atoms with Crippen LogP contribution in [0.25, 0.3) is 0 Å². The molecule has 0 radical (unpaired) electrons. The molecule has 3 rings (SSSR count). The van der Waals surface area contributed by atoms with E-state index in [0.717, 1.165) is 41.3 Å². The Morgan fingerprint density at radius 1 is 1.39 bits per heavy atom. The molecule has 2 aliphatic rings. The highest BCUT2D eigenvalue weighted by atomic mass is 32.1. The van der Waals surface area contributed by atoms with Crippen molar-refractivity contribution < 1.29 is 5.11 Å². The fraction of sp³-hybridized carbons (Fsp3) is 0.769. The van der Waals surface area contributed by atoms with Gasteiger partial charge in [-0.1, -0.05) is 18.3 Å². The van der Waals surface area contributed by atoms with Gasteiger partial charge in [0.05, 0.1) is 17.2 Å². The van der Waals surface area contributed by atoms with E-state index in [-0.39, 0.29) is 6.61 Å². The molecule has 1 aromatic rings. The van der Waals surface area contributed by atoms with Crippen molar-refractivity contribution in [2.75, 3.05) is 31.1 Å². The van der Waals surface area contributed by atoms with Crippen LogP contribution < -0.4 is 4.90 Å². The maximum Gasteiger partial charge on any atom is 0.185 e. The molecule has 0 bridgehead atoms. The standard InChI is InChI=1S/C13H21N3OS/c1-2-11-12(9-17)18-13(14-11)16-7-6-15-5-3-4-10(15)8-16/h10,17H,2-9H2,1H3. The zero-order valence-electron chi connectivity index (χ0n) is 10.9. The molecule has 0 saturated carbocycles. The second kappa shape index (κ2) is 5.15. The van der Waals surface area contributed by atoms with E-state index in [0.29, 0.717) is 0 Å². The van der Waals surface area contributed by atoms with Crippen molar-refractivity contribution in [3.05, 3.63) is 10.6 Å². The first-order valence-electron chi connectivity index (χ1n) is 6.90. The van der Waals surface area contributed by atoms with Gasteiger partial charge in [-0.05, 0) is 25.8 Å². The van der Waals surface area contributed by atoms with Gasteiger partial charge in [-0.3, -0.25) is 4.90 Å². The highest BCUT2D eigenvalue weighted by Gasteiger charge is 2.31. The summed E-state index contributed by atoms with van der Waals surface area (Å²) in [5.74, 6) is 0. The van der Waals surface area contributed by atoms with Crippen LogP contribution in [-0.2, 0) is 13.0 Å². The average Bonchev–Trinajstić information content (AvgIpc) is 3.03. The van der Waals surface area contributed by atoms with Gasteiger partial charge in [-0.15, -0.1) is 0 Å². The summed E-state index contributed by atoms with van der Waals surface area (Å²) < 4.78 is 0. The minimum Gasteiger partial charge on any atom is -0.391 e. The monoisotopic (exact) mass is 267 g/mol. The number of rotatable bonds is 3. The number of aromatic nitrogens is 1. The van der Waals surface area contributed by atoms with E-state index in [2.05, 4.69) is 16.7 Å². The van der Waals surface area contributed by atoms with Crippen molar-refractivity contribution in [3.8, 4) is 0 Å². The van der Waals surface area contributed by atoms with E-state index in [1.54, 1.807) is 11.3 Å². The Hall–Kier alpha value is -0.650. The molecule has 1 aromatic heterocycles. The average molecular weight is 267 g/mol. The summed E-state index contributed by atoms with van der Waals surface area (Å²) in [6, 6.07) is 0.727. The molecule has 0 amide bonds. The third-order valence-electron chi connectivity index (χ3n) is 4.10. The molecule has 5 heteroatoms. The Morgan fingerprint density at radius 3 is 3.00 bits per heavy atom. The van der Waals surface area contributed by atoms with Crippen molar-refractivity contribution in [1.29, 1.82) is 0 Å². The van der Waals surface area contributed by atoms with Crippen LogP contribution in [0, 0.1) is 0 Å². The van der Waals surface area contributed by atoms with Crippen LogP contribution in [0.15, 0.2) is 0 Å². The molecule has 2 fully saturated rings. The molecule has 100 valence electrons. The Morgan fingerprint density at radius 2 is 2.28 bits per heavy atom. The van der Waals surface area contributed by atoms with Crippen LogP contribution in [0.5, 0.6) is 0 Å². The minimum absolute atomic E-state index is 0.129. The third kappa shape index (κ3) is 2.15. The number of piperazine rings is 1. The molecule has 1 N–H and O–H groups in total. The van der Waals surface area contributed by atoms with Gasteiger partial charge in [0.25, 0.3) is 0 Å². The van der Waals surface area contributed by atoms with Gasteiger partial charge in [0.2, 0.25) is 0 Å². The Bertz CT molecular complexity index is 399. The number of fused-ring (bicyclic) bond motifs is 1. The van der Waals surface area contributed by atoms with Crippen molar-refractivity contribution in [2.24, 2.45) is 0 Å². The number of anilines is 1. The van der Waals surface area contributed by atoms with Crippen molar-refractivity contribution >= 4 is 16.5 Å². The topological polar surface area (TPSA) is 39.6 Å². The summed E-state index contributed by atoms with van der Waals surface area (Å²) in [6.07, 6.45) is 3.59. The van der Waals surface area contributed by atoms with Gasteiger partial charge in [-0.25, -0.2) is 4.98 Å². The zero-order valence-corrected chi connectivity index (χ0v) is 11.7. The van der Waals surface area contributed by atoms with Crippen LogP contribution >= 0.6 is 11.3 Å². The van der Waals surface area contributed by atoms with Gasteiger partial charge < -0.3 is 10.0 Å². The zero-order chi connectivity index (χ0) is 12.5. The van der Waals surface area contributed by atoms with Gasteiger partial charge in [0, 0.05) is 25.7 Å². The van der Waals surface area contributed by atoms with Crippen LogP contribution in [0.1, 0.15) is 30.3 Å². The number of hydrogen-bond acceptors (Lipinski definition) is 5. The van der Waals surface area contributed by atoms with Crippen LogP contribution in [0.2, 0.25) is 0 Å². The van der Waals surface area contributed by atoms with E-state index >= 15 is 0 Å². The van der Waals surface area contributed by atoms with Gasteiger partial charge in [0.15, 0.2) is 5.13 Å². The number of aryl methyl sites for hydroxylation is 1. The summed E-state index contributed by atoms with van der Waals surface area (Å²) in [4.78, 5) is 10.8. The number of aliphatic hydroxyl groups is 1. The molecule has 0 aliphatic carbocycles. The molecule has 4 nitrogen and oxygen atoms in total. The lowest BCUT2D eigenvalue weighted by Crippen LogP contribution is -2.50. The fourth-order valence-corrected chi connectivity index (χ4v) is 4.11. The van der Waals surface area contributed by atoms with Crippen LogP contribution in [0.3, 0.4) is 0 Å². The quantitative estimate of drug-likeness (QED) is 0.900. The summed E-state index contributed by atoms with van der Waals surface area (Å²) in [5.41, 5.74) is 1.08. The highest BCUT2D eigenvalue weighted by molar-refractivity contribution is 7.15. The Kier molecular flexibility index (Phi) is 3.54. The molecule has 0 aromatic carbocycles. The molecule has 1 atom stereocenters. The number of aliphatic hydroxyl groups excluding tert-OH is 1. The molecule has 18 heavy (non-hydrogen) atoms. The lowest BCUT2D eigenvalue weighted by Gasteiger charge is -2.37. The molecule has 3 heterocycles. The third-order valence-corrected chi connectivity index (χ3v) is 5.25. The van der Waals surface area contributed by atoms with Crippen molar-refractivity contribution in [3.63, 3.8) is 0 Å². The summed E-state index contributed by atoms with van der Waals surface area (Å²) >= 11 is 1.67. The van der Waals surface area contributed by atoms with E-state index in [4.69, 9.17) is 4.98 Å². The SMILES string of the molecule is CCc1nc(N2CCN3CCCC3C2)sc1CO. The number of nitrogens with zero attached hydrogens (tertiary/aromatic N) is 3. The first-order chi connectivity index (χ1) is 8.81. The normalized spacial score (nSPS) is 24.6. The predicted octanol–water partition coefficient (Wildman–Crippen LogP) is 1.48. The van der Waals surface area contributed by atoms with Crippen molar-refractivity contribution in [1.82, 2.24) is 9.88 Å². The largest absolute Gasteiger partial charge is 0.391 e. The van der Waals surface area contributed by atoms with E-state index in [9.17, 15) is 5.11 Å². The van der Waals surface area contributed by atoms with E-state index < -0.39 is 0 Å². The van der Waals surface area contributed by atoms with Gasteiger partial charge in [-0.2, -0.15) is 0 Å². The molecular formula is C13H21N3OS. The lowest BCUT2D eigenvalue weighted by atomic mass is 10.2. The highest BCUT2D eigenvalue weighted by Crippen LogP contribution is 2.30. The fourth-order valence-electron chi connectivity index (χ4n) is 3.07. The van der Waals surface area contributed by atoms with Gasteiger partial charge in [0.1, 0.15) is 0 Å². The van der Waals surface area contributed by atoms with Crippen LogP contribution in [-0.4, -0.2) is 47.2 Å². The Labute approximate surface area is 112 Å². The molecule has 1 unspecified atom stereocenters. The summed E-state index contributed by atoms with van der Waals surface area (Å²) in [7, 11) is 0. The summed E-state index contributed by atoms with van der Waals surface area (Å²) in [5, 5.41) is 10.5. The van der Waals surface area contributed by atoms with Gasteiger partial charge >= 0.3 is 0 Å². The lowest BCUT2D eigenvalue weighted by molar-refractivity contribution is 0.231. The Balaban J connectivity index is 1.76. The number of thiazole rings is 1. The maximum absolute atomic E-state index is 9.36. The van der Waals surface area contributed by atoms with E-state index in [1.165, 1.54) is 25.9 Å². The summed E-state index contributed by atoms with van der Waals surface area (Å²) in [6.45, 7) is 6.87. The predicted molar refractivity (Wildman–Crippen MR) is 74.2 cm³/mol. The first kappa shape index (κ1) is 12.4. The molecule has 2 saturated heterocycles. The molecule has 0 spiro atoms. The minimum atomic E-state index is 0.129. The maximum atomic E-state index is 9.36. The second-order valence-electron chi connectivity index (χ2n) is 5.16. The smallest absolute Gasteiger partial charge is 0.185 e. The first-order valence-corrected chi connectivity index (χ1v) is 7.72. The second-order valence-corrected chi connectivity index (χ2v) is 6.22. The number of hydrogen-bond donors (Lipinski definition) is 1.